The predicted molar refractivity (Wildman–Crippen MR) is 93.5 cm³/mol. The van der Waals surface area contributed by atoms with E-state index in [0.717, 1.165) is 23.1 Å². The van der Waals surface area contributed by atoms with Gasteiger partial charge in [-0.15, -0.1) is 0 Å². The Kier molecular flexibility index (Phi) is 6.08. The maximum atomic E-state index is 4.25. The first-order valence-electron chi connectivity index (χ1n) is 6.99. The summed E-state index contributed by atoms with van der Waals surface area (Å²) in [6, 6.07) is 7.83. The van der Waals surface area contributed by atoms with E-state index in [2.05, 4.69) is 52.0 Å². The molecule has 116 valence electrons. The molecule has 0 saturated carbocycles. The van der Waals surface area contributed by atoms with E-state index in [9.17, 15) is 0 Å². The lowest BCUT2D eigenvalue weighted by atomic mass is 10.2. The molecule has 0 aliphatic carbocycles. The Bertz CT molecular complexity index is 621. The second kappa shape index (κ2) is 8.28. The second-order valence-electron chi connectivity index (χ2n) is 4.29. The molecule has 1 aromatic carbocycles. The summed E-state index contributed by atoms with van der Waals surface area (Å²) in [7, 11) is 0. The van der Waals surface area contributed by atoms with Crippen molar-refractivity contribution in [2.24, 2.45) is 5.10 Å². The Morgan fingerprint density at radius 1 is 1.05 bits per heavy atom. The normalized spacial score (nSPS) is 10.7. The molecule has 7 nitrogen and oxygen atoms in total. The summed E-state index contributed by atoms with van der Waals surface area (Å²) >= 11 is 3.42. The molecule has 22 heavy (non-hydrogen) atoms. The van der Waals surface area contributed by atoms with Crippen molar-refractivity contribution in [2.75, 3.05) is 29.1 Å². The van der Waals surface area contributed by atoms with E-state index < -0.39 is 0 Å². The van der Waals surface area contributed by atoms with Gasteiger partial charge in [0.1, 0.15) is 0 Å². The first kappa shape index (κ1) is 16.2. The van der Waals surface area contributed by atoms with Crippen LogP contribution in [0.25, 0.3) is 0 Å². The topological polar surface area (TPSA) is 87.1 Å². The number of benzene rings is 1. The zero-order valence-electron chi connectivity index (χ0n) is 12.5. The van der Waals surface area contributed by atoms with Gasteiger partial charge in [-0.05, 0) is 31.5 Å². The second-order valence-corrected chi connectivity index (χ2v) is 5.21. The fourth-order valence-corrected chi connectivity index (χ4v) is 2.07. The lowest BCUT2D eigenvalue weighted by Gasteiger charge is -2.07. The summed E-state index contributed by atoms with van der Waals surface area (Å²) in [6.07, 6.45) is 1.70. The SMILES string of the molecule is CCNc1nc(NCC)nc(N/N=C/c2cccc(Br)c2)n1. The zero-order valence-corrected chi connectivity index (χ0v) is 14.1. The predicted octanol–water partition coefficient (Wildman–Crippen LogP) is 2.94. The lowest BCUT2D eigenvalue weighted by molar-refractivity contribution is 0.992. The van der Waals surface area contributed by atoms with Crippen molar-refractivity contribution >= 4 is 40.0 Å². The van der Waals surface area contributed by atoms with Crippen LogP contribution in [0.5, 0.6) is 0 Å². The van der Waals surface area contributed by atoms with E-state index in [1.807, 2.05) is 38.1 Å². The maximum Gasteiger partial charge on any atom is 0.250 e. The van der Waals surface area contributed by atoms with Gasteiger partial charge in [0.25, 0.3) is 0 Å². The van der Waals surface area contributed by atoms with Crippen molar-refractivity contribution in [2.45, 2.75) is 13.8 Å². The molecule has 0 aliphatic heterocycles. The van der Waals surface area contributed by atoms with Gasteiger partial charge in [0, 0.05) is 17.6 Å². The molecule has 0 aliphatic rings. The number of aromatic nitrogens is 3. The Balaban J connectivity index is 2.10. The molecule has 0 radical (unpaired) electrons. The molecule has 0 unspecified atom stereocenters. The van der Waals surface area contributed by atoms with Gasteiger partial charge in [-0.25, -0.2) is 5.43 Å². The Morgan fingerprint density at radius 2 is 1.68 bits per heavy atom. The van der Waals surface area contributed by atoms with Gasteiger partial charge in [0.15, 0.2) is 0 Å². The van der Waals surface area contributed by atoms with Gasteiger partial charge in [-0.1, -0.05) is 28.1 Å². The van der Waals surface area contributed by atoms with Crippen LogP contribution in [0.3, 0.4) is 0 Å². The highest BCUT2D eigenvalue weighted by Crippen LogP contribution is 2.11. The summed E-state index contributed by atoms with van der Waals surface area (Å²) in [5, 5.41) is 10.3. The zero-order chi connectivity index (χ0) is 15.8. The number of nitrogens with zero attached hydrogens (tertiary/aromatic N) is 4. The van der Waals surface area contributed by atoms with Gasteiger partial charge in [-0.3, -0.25) is 0 Å². The Hall–Kier alpha value is -2.22. The molecular formula is C14H18BrN7. The fourth-order valence-electron chi connectivity index (χ4n) is 1.65. The van der Waals surface area contributed by atoms with Crippen molar-refractivity contribution in [1.82, 2.24) is 15.0 Å². The molecule has 1 heterocycles. The minimum absolute atomic E-state index is 0.383. The number of hydrogen-bond donors (Lipinski definition) is 3. The molecule has 0 atom stereocenters. The van der Waals surface area contributed by atoms with E-state index in [-0.39, 0.29) is 0 Å². The van der Waals surface area contributed by atoms with Crippen LogP contribution in [0.15, 0.2) is 33.8 Å². The van der Waals surface area contributed by atoms with E-state index in [0.29, 0.717) is 17.8 Å². The first-order valence-corrected chi connectivity index (χ1v) is 7.79. The van der Waals surface area contributed by atoms with Crippen LogP contribution in [0, 0.1) is 0 Å². The smallest absolute Gasteiger partial charge is 0.250 e. The third-order valence-electron chi connectivity index (χ3n) is 2.53. The Labute approximate surface area is 137 Å². The standard InChI is InChI=1S/C14H18BrN7/c1-3-16-12-19-13(17-4-2)21-14(20-12)22-18-9-10-6-5-7-11(15)8-10/h5-9H,3-4H2,1-2H3,(H3,16,17,19,20,21,22)/b18-9+. The van der Waals surface area contributed by atoms with E-state index in [1.54, 1.807) is 6.21 Å². The van der Waals surface area contributed by atoms with Crippen LogP contribution in [0.1, 0.15) is 19.4 Å². The molecule has 0 bridgehead atoms. The van der Waals surface area contributed by atoms with E-state index >= 15 is 0 Å². The third-order valence-corrected chi connectivity index (χ3v) is 3.03. The van der Waals surface area contributed by atoms with Gasteiger partial charge in [-0.2, -0.15) is 20.1 Å². The maximum absolute atomic E-state index is 4.25. The monoisotopic (exact) mass is 363 g/mol. The molecule has 2 aromatic rings. The summed E-state index contributed by atoms with van der Waals surface area (Å²) in [5.41, 5.74) is 3.79. The number of rotatable bonds is 7. The summed E-state index contributed by atoms with van der Waals surface area (Å²) in [6.45, 7) is 5.43. The van der Waals surface area contributed by atoms with Crippen LogP contribution in [0.2, 0.25) is 0 Å². The molecule has 3 N–H and O–H groups in total. The van der Waals surface area contributed by atoms with Gasteiger partial charge in [0.05, 0.1) is 6.21 Å². The highest BCUT2D eigenvalue weighted by molar-refractivity contribution is 9.10. The molecule has 0 fully saturated rings. The number of hydrazone groups is 1. The van der Waals surface area contributed by atoms with Crippen LogP contribution < -0.4 is 16.1 Å². The average molecular weight is 364 g/mol. The molecule has 1 aromatic heterocycles. The molecular weight excluding hydrogens is 346 g/mol. The van der Waals surface area contributed by atoms with Gasteiger partial charge in [0.2, 0.25) is 17.8 Å². The number of nitrogens with one attached hydrogen (secondary N) is 3. The largest absolute Gasteiger partial charge is 0.354 e. The number of halogens is 1. The Morgan fingerprint density at radius 3 is 2.27 bits per heavy atom. The molecule has 8 heteroatoms. The van der Waals surface area contributed by atoms with Gasteiger partial charge < -0.3 is 10.6 Å². The van der Waals surface area contributed by atoms with E-state index in [4.69, 9.17) is 0 Å². The molecule has 2 rings (SSSR count). The summed E-state index contributed by atoms with van der Waals surface area (Å²) < 4.78 is 1.00. The van der Waals surface area contributed by atoms with Crippen molar-refractivity contribution in [1.29, 1.82) is 0 Å². The average Bonchev–Trinajstić information content (AvgIpc) is 2.48. The molecule has 0 spiro atoms. The number of hydrogen-bond acceptors (Lipinski definition) is 7. The van der Waals surface area contributed by atoms with Crippen molar-refractivity contribution < 1.29 is 0 Å². The summed E-state index contributed by atoms with van der Waals surface area (Å²) in [5.74, 6) is 1.40. The summed E-state index contributed by atoms with van der Waals surface area (Å²) in [4.78, 5) is 12.7. The minimum Gasteiger partial charge on any atom is -0.354 e. The van der Waals surface area contributed by atoms with Crippen molar-refractivity contribution in [3.05, 3.63) is 34.3 Å². The minimum atomic E-state index is 0.383. The molecule has 0 saturated heterocycles. The van der Waals surface area contributed by atoms with Crippen LogP contribution in [0.4, 0.5) is 17.8 Å². The first-order chi connectivity index (χ1) is 10.7. The van der Waals surface area contributed by atoms with Crippen molar-refractivity contribution in [3.63, 3.8) is 0 Å². The third kappa shape index (κ3) is 4.96. The van der Waals surface area contributed by atoms with E-state index in [1.165, 1.54) is 0 Å². The van der Waals surface area contributed by atoms with Crippen LogP contribution >= 0.6 is 15.9 Å². The lowest BCUT2D eigenvalue weighted by Crippen LogP contribution is -2.10. The van der Waals surface area contributed by atoms with Crippen molar-refractivity contribution in [3.8, 4) is 0 Å². The number of anilines is 3. The fraction of sp³-hybridized carbons (Fsp3) is 0.286. The van der Waals surface area contributed by atoms with Gasteiger partial charge >= 0.3 is 0 Å². The van der Waals surface area contributed by atoms with Crippen LogP contribution in [-0.2, 0) is 0 Å². The molecule has 0 amide bonds. The highest BCUT2D eigenvalue weighted by atomic mass is 79.9. The van der Waals surface area contributed by atoms with Crippen LogP contribution in [-0.4, -0.2) is 34.3 Å². The highest BCUT2D eigenvalue weighted by Gasteiger charge is 2.04. The quantitative estimate of drug-likeness (QED) is 0.517.